The summed E-state index contributed by atoms with van der Waals surface area (Å²) in [5.74, 6) is -1.09. The number of anilines is 2. The molecule has 0 fully saturated rings. The normalized spacial score (nSPS) is 10.2. The zero-order valence-corrected chi connectivity index (χ0v) is 9.12. The van der Waals surface area contributed by atoms with E-state index in [-0.39, 0.29) is 18.3 Å². The molecule has 18 heavy (non-hydrogen) atoms. The van der Waals surface area contributed by atoms with Crippen molar-refractivity contribution in [3.63, 3.8) is 0 Å². The molecule has 0 unspecified atom stereocenters. The largest absolute Gasteiger partial charge is 0.368 e. The van der Waals surface area contributed by atoms with Gasteiger partial charge in [-0.15, -0.1) is 5.10 Å². The smallest absolute Gasteiger partial charge is 0.293 e. The van der Waals surface area contributed by atoms with Gasteiger partial charge in [0.25, 0.3) is 5.91 Å². The van der Waals surface area contributed by atoms with Crippen LogP contribution in [0.15, 0.2) is 12.4 Å². The molecule has 0 saturated carbocycles. The summed E-state index contributed by atoms with van der Waals surface area (Å²) in [6.07, 6.45) is 2.84. The van der Waals surface area contributed by atoms with Crippen molar-refractivity contribution in [1.82, 2.24) is 25.0 Å². The summed E-state index contributed by atoms with van der Waals surface area (Å²) in [6.45, 7) is -0.0644. The third-order valence-electron chi connectivity index (χ3n) is 1.93. The van der Waals surface area contributed by atoms with Crippen LogP contribution in [0.5, 0.6) is 0 Å². The fourth-order valence-corrected chi connectivity index (χ4v) is 1.24. The van der Waals surface area contributed by atoms with Crippen LogP contribution in [-0.4, -0.2) is 36.8 Å². The van der Waals surface area contributed by atoms with Gasteiger partial charge in [-0.1, -0.05) is 0 Å². The summed E-state index contributed by atoms with van der Waals surface area (Å²) < 4.78 is 1.30. The molecule has 0 aliphatic heterocycles. The fraction of sp³-hybridized carbons (Fsp3) is 0.125. The van der Waals surface area contributed by atoms with E-state index in [1.165, 1.54) is 17.1 Å². The number of carbonyl (C=O) groups is 2. The van der Waals surface area contributed by atoms with E-state index < -0.39 is 11.8 Å². The average molecular weight is 250 g/mol. The lowest BCUT2D eigenvalue weighted by Gasteiger charge is -1.97. The lowest BCUT2D eigenvalue weighted by Crippen LogP contribution is -2.18. The van der Waals surface area contributed by atoms with Gasteiger partial charge in [0.15, 0.2) is 0 Å². The molecule has 6 N–H and O–H groups in total. The Morgan fingerprint density at radius 1 is 1.50 bits per heavy atom. The summed E-state index contributed by atoms with van der Waals surface area (Å²) in [5.41, 5.74) is 10.7. The highest BCUT2D eigenvalue weighted by Crippen LogP contribution is 2.06. The van der Waals surface area contributed by atoms with E-state index in [1.807, 2.05) is 0 Å². The van der Waals surface area contributed by atoms with Crippen LogP contribution in [0.2, 0.25) is 0 Å². The van der Waals surface area contributed by atoms with E-state index in [0.717, 1.165) is 0 Å². The molecule has 0 radical (unpaired) electrons. The van der Waals surface area contributed by atoms with E-state index in [4.69, 9.17) is 11.5 Å². The second-order valence-electron chi connectivity index (χ2n) is 3.39. The van der Waals surface area contributed by atoms with E-state index in [0.29, 0.717) is 5.69 Å². The van der Waals surface area contributed by atoms with Crippen molar-refractivity contribution in [2.45, 2.75) is 6.54 Å². The van der Waals surface area contributed by atoms with E-state index in [1.54, 1.807) is 0 Å². The van der Waals surface area contributed by atoms with E-state index >= 15 is 0 Å². The maximum absolute atomic E-state index is 11.6. The van der Waals surface area contributed by atoms with Crippen LogP contribution in [-0.2, 0) is 11.3 Å². The molecule has 10 nitrogen and oxygen atoms in total. The molecule has 0 atom stereocenters. The molecule has 2 aromatic heterocycles. The van der Waals surface area contributed by atoms with Gasteiger partial charge in [-0.2, -0.15) is 10.1 Å². The number of nitrogens with zero attached hydrogens (tertiary/aromatic N) is 4. The van der Waals surface area contributed by atoms with Crippen LogP contribution in [0.3, 0.4) is 0 Å². The van der Waals surface area contributed by atoms with Gasteiger partial charge >= 0.3 is 0 Å². The van der Waals surface area contributed by atoms with Gasteiger partial charge in [0.05, 0.1) is 11.9 Å². The quantitative estimate of drug-likeness (QED) is 0.507. The first kappa shape index (κ1) is 11.6. The molecule has 10 heteroatoms. The fourth-order valence-electron chi connectivity index (χ4n) is 1.24. The van der Waals surface area contributed by atoms with Crippen molar-refractivity contribution in [3.8, 4) is 0 Å². The van der Waals surface area contributed by atoms with Crippen molar-refractivity contribution in [2.24, 2.45) is 5.73 Å². The van der Waals surface area contributed by atoms with Gasteiger partial charge in [-0.25, -0.2) is 0 Å². The highest BCUT2D eigenvalue weighted by Gasteiger charge is 2.12. The first-order chi connectivity index (χ1) is 8.54. The molecule has 2 amide bonds. The Bertz CT molecular complexity index is 585. The summed E-state index contributed by atoms with van der Waals surface area (Å²) in [6, 6.07) is 0. The second kappa shape index (κ2) is 4.53. The number of nitrogen functional groups attached to an aromatic ring is 1. The zero-order chi connectivity index (χ0) is 13.1. The van der Waals surface area contributed by atoms with Crippen molar-refractivity contribution < 1.29 is 9.59 Å². The van der Waals surface area contributed by atoms with E-state index in [2.05, 4.69) is 25.6 Å². The number of rotatable bonds is 4. The van der Waals surface area contributed by atoms with E-state index in [9.17, 15) is 9.59 Å². The Morgan fingerprint density at radius 2 is 2.28 bits per heavy atom. The van der Waals surface area contributed by atoms with Gasteiger partial charge in [-0.3, -0.25) is 19.4 Å². The number of hydrogen-bond acceptors (Lipinski definition) is 6. The molecule has 0 aliphatic carbocycles. The van der Waals surface area contributed by atoms with Crippen LogP contribution in [0.25, 0.3) is 0 Å². The third kappa shape index (κ3) is 2.61. The SMILES string of the molecule is NC(=O)Cn1cc(NC(=O)c2nc(N)n[nH]2)cn1. The third-order valence-corrected chi connectivity index (χ3v) is 1.93. The summed E-state index contributed by atoms with van der Waals surface area (Å²) in [4.78, 5) is 26.0. The lowest BCUT2D eigenvalue weighted by molar-refractivity contribution is -0.118. The number of hydrogen-bond donors (Lipinski definition) is 4. The molecule has 0 spiro atoms. The molecule has 2 rings (SSSR count). The molecule has 0 aliphatic rings. The highest BCUT2D eigenvalue weighted by molar-refractivity contribution is 6.01. The van der Waals surface area contributed by atoms with Gasteiger partial charge in [0.1, 0.15) is 6.54 Å². The van der Waals surface area contributed by atoms with Gasteiger partial charge in [0, 0.05) is 6.20 Å². The molecule has 0 bridgehead atoms. The molecular weight excluding hydrogens is 240 g/mol. The lowest BCUT2D eigenvalue weighted by atomic mass is 10.5. The van der Waals surface area contributed by atoms with Gasteiger partial charge < -0.3 is 16.8 Å². The first-order valence-electron chi connectivity index (χ1n) is 4.84. The number of aromatic amines is 1. The average Bonchev–Trinajstić information content (AvgIpc) is 2.87. The molecule has 0 saturated heterocycles. The summed E-state index contributed by atoms with van der Waals surface area (Å²) >= 11 is 0. The molecule has 94 valence electrons. The maximum atomic E-state index is 11.6. The topological polar surface area (TPSA) is 158 Å². The Kier molecular flexibility index (Phi) is 2.91. The van der Waals surface area contributed by atoms with Crippen LogP contribution < -0.4 is 16.8 Å². The molecule has 2 aromatic rings. The van der Waals surface area contributed by atoms with Crippen molar-refractivity contribution in [1.29, 1.82) is 0 Å². The highest BCUT2D eigenvalue weighted by atomic mass is 16.2. The van der Waals surface area contributed by atoms with Crippen LogP contribution >= 0.6 is 0 Å². The number of nitrogens with two attached hydrogens (primary N) is 2. The first-order valence-corrected chi connectivity index (χ1v) is 4.84. The number of amides is 2. The standard InChI is InChI=1S/C8H10N8O2/c9-5(17)3-16-2-4(1-11-16)12-7(18)6-13-8(10)15-14-6/h1-2H,3H2,(H2,9,17)(H,12,18)(H3,10,13,14,15). The number of primary amides is 1. The minimum absolute atomic E-state index is 0.0184. The van der Waals surface area contributed by atoms with Crippen molar-refractivity contribution in [2.75, 3.05) is 11.1 Å². The Morgan fingerprint density at radius 3 is 2.89 bits per heavy atom. The maximum Gasteiger partial charge on any atom is 0.293 e. The molecule has 0 aromatic carbocycles. The summed E-state index contributed by atoms with van der Waals surface area (Å²) in [7, 11) is 0. The van der Waals surface area contributed by atoms with Gasteiger partial charge in [-0.05, 0) is 0 Å². The molecule has 2 heterocycles. The Hall–Kier alpha value is -2.91. The predicted octanol–water partition coefficient (Wildman–Crippen LogP) is -1.68. The Labute approximate surface area is 100 Å². The number of carbonyl (C=O) groups excluding carboxylic acids is 2. The van der Waals surface area contributed by atoms with Crippen LogP contribution in [0, 0.1) is 0 Å². The van der Waals surface area contributed by atoms with Gasteiger partial charge in [0.2, 0.25) is 17.7 Å². The number of nitrogens with one attached hydrogen (secondary N) is 2. The Balaban J connectivity index is 2.03. The minimum atomic E-state index is -0.529. The second-order valence-corrected chi connectivity index (χ2v) is 3.39. The van der Waals surface area contributed by atoms with Crippen molar-refractivity contribution >= 4 is 23.5 Å². The molecular formula is C8H10N8O2. The van der Waals surface area contributed by atoms with Crippen molar-refractivity contribution in [3.05, 3.63) is 18.2 Å². The number of H-pyrrole nitrogens is 1. The summed E-state index contributed by atoms with van der Waals surface area (Å²) in [5, 5.41) is 12.2. The monoisotopic (exact) mass is 250 g/mol. The zero-order valence-electron chi connectivity index (χ0n) is 9.12. The minimum Gasteiger partial charge on any atom is -0.368 e. The van der Waals surface area contributed by atoms with Crippen LogP contribution in [0.4, 0.5) is 11.6 Å². The van der Waals surface area contributed by atoms with Crippen LogP contribution in [0.1, 0.15) is 10.6 Å². The number of aromatic nitrogens is 5. The predicted molar refractivity (Wildman–Crippen MR) is 60.2 cm³/mol.